The van der Waals surface area contributed by atoms with Gasteiger partial charge in [0.1, 0.15) is 17.6 Å². The predicted octanol–water partition coefficient (Wildman–Crippen LogP) is 5.38. The third kappa shape index (κ3) is 7.67. The number of nitrogens with zero attached hydrogens (tertiary/aromatic N) is 1. The molecule has 190 valence electrons. The highest BCUT2D eigenvalue weighted by Crippen LogP contribution is 2.20. The average Bonchev–Trinajstić information content (AvgIpc) is 2.87. The van der Waals surface area contributed by atoms with E-state index in [0.717, 1.165) is 28.7 Å². The third-order valence-corrected chi connectivity index (χ3v) is 6.22. The van der Waals surface area contributed by atoms with Gasteiger partial charge in [-0.1, -0.05) is 67.1 Å². The summed E-state index contributed by atoms with van der Waals surface area (Å²) in [5.41, 5.74) is 3.71. The van der Waals surface area contributed by atoms with Gasteiger partial charge in [0.05, 0.1) is 0 Å². The number of hydrogen-bond donors (Lipinski definition) is 1. The molecule has 6 heteroatoms. The lowest BCUT2D eigenvalue weighted by molar-refractivity contribution is -0.143. The fourth-order valence-electron chi connectivity index (χ4n) is 3.97. The summed E-state index contributed by atoms with van der Waals surface area (Å²) in [6.45, 7) is 7.80. The summed E-state index contributed by atoms with van der Waals surface area (Å²) in [5, 5.41) is 3.04. The van der Waals surface area contributed by atoms with Crippen molar-refractivity contribution in [2.24, 2.45) is 0 Å². The van der Waals surface area contributed by atoms with Gasteiger partial charge in [-0.2, -0.15) is 0 Å². The Bertz CT molecular complexity index is 1150. The topological polar surface area (TPSA) is 58.6 Å². The Balaban J connectivity index is 1.91. The van der Waals surface area contributed by atoms with Crippen molar-refractivity contribution < 1.29 is 18.7 Å². The highest BCUT2D eigenvalue weighted by molar-refractivity contribution is 5.88. The van der Waals surface area contributed by atoms with Crippen LogP contribution >= 0.6 is 0 Å². The third-order valence-electron chi connectivity index (χ3n) is 6.22. The fraction of sp³-hybridized carbons (Fsp3) is 0.333. The van der Waals surface area contributed by atoms with Gasteiger partial charge in [-0.3, -0.25) is 9.59 Å². The number of carbonyl (C=O) groups is 2. The molecule has 1 N–H and O–H groups in total. The van der Waals surface area contributed by atoms with Gasteiger partial charge < -0.3 is 15.0 Å². The van der Waals surface area contributed by atoms with Crippen molar-refractivity contribution >= 4 is 11.8 Å². The average molecular weight is 491 g/mol. The molecule has 0 radical (unpaired) electrons. The summed E-state index contributed by atoms with van der Waals surface area (Å²) in [5.74, 6) is -0.279. The Morgan fingerprint density at radius 1 is 0.972 bits per heavy atom. The van der Waals surface area contributed by atoms with Crippen molar-refractivity contribution in [3.63, 3.8) is 0 Å². The first-order valence-electron chi connectivity index (χ1n) is 12.3. The van der Waals surface area contributed by atoms with E-state index in [1.165, 1.54) is 12.1 Å². The van der Waals surface area contributed by atoms with Gasteiger partial charge in [-0.25, -0.2) is 4.39 Å². The minimum atomic E-state index is -0.762. The summed E-state index contributed by atoms with van der Waals surface area (Å²) in [6.07, 6.45) is 1.12. The number of carbonyl (C=O) groups excluding carboxylic acids is 2. The normalized spacial score (nSPS) is 12.5. The molecule has 0 aromatic heterocycles. The van der Waals surface area contributed by atoms with Crippen LogP contribution in [-0.4, -0.2) is 35.4 Å². The molecule has 0 unspecified atom stereocenters. The van der Waals surface area contributed by atoms with Gasteiger partial charge in [0.15, 0.2) is 6.61 Å². The molecule has 3 aromatic carbocycles. The predicted molar refractivity (Wildman–Crippen MR) is 140 cm³/mol. The Morgan fingerprint density at radius 3 is 2.31 bits per heavy atom. The number of nitrogens with one attached hydrogen (secondary N) is 1. The number of aryl methyl sites for hydroxylation is 2. The van der Waals surface area contributed by atoms with Crippen LogP contribution in [-0.2, 0) is 22.6 Å². The molecule has 2 atom stereocenters. The summed E-state index contributed by atoms with van der Waals surface area (Å²) < 4.78 is 19.4. The van der Waals surface area contributed by atoms with Crippen LogP contribution in [0.15, 0.2) is 72.8 Å². The number of halogens is 1. The van der Waals surface area contributed by atoms with Crippen molar-refractivity contribution in [2.75, 3.05) is 6.61 Å². The van der Waals surface area contributed by atoms with E-state index in [4.69, 9.17) is 4.74 Å². The molecule has 0 spiro atoms. The maximum atomic E-state index is 13.6. The molecule has 3 rings (SSSR count). The molecule has 0 aliphatic carbocycles. The maximum absolute atomic E-state index is 13.6. The second-order valence-corrected chi connectivity index (χ2v) is 9.23. The summed E-state index contributed by atoms with van der Waals surface area (Å²) in [7, 11) is 0. The van der Waals surface area contributed by atoms with Crippen LogP contribution in [0.5, 0.6) is 5.75 Å². The number of ether oxygens (including phenoxy) is 1. The van der Waals surface area contributed by atoms with E-state index in [1.807, 2.05) is 76.2 Å². The Labute approximate surface area is 213 Å². The first-order valence-corrected chi connectivity index (χ1v) is 12.3. The molecule has 0 fully saturated rings. The lowest BCUT2D eigenvalue weighted by Gasteiger charge is -2.32. The van der Waals surface area contributed by atoms with Gasteiger partial charge in [0, 0.05) is 19.0 Å². The van der Waals surface area contributed by atoms with E-state index in [9.17, 15) is 14.0 Å². The van der Waals surface area contributed by atoms with Crippen LogP contribution in [0, 0.1) is 19.7 Å². The molecule has 3 aromatic rings. The van der Waals surface area contributed by atoms with Crippen molar-refractivity contribution in [3.8, 4) is 5.75 Å². The van der Waals surface area contributed by atoms with E-state index < -0.39 is 6.04 Å². The molecular weight excluding hydrogens is 455 g/mol. The molecule has 0 saturated carbocycles. The zero-order valence-electron chi connectivity index (χ0n) is 21.5. The highest BCUT2D eigenvalue weighted by Gasteiger charge is 2.31. The molecule has 0 aliphatic heterocycles. The molecule has 0 bridgehead atoms. The van der Waals surface area contributed by atoms with E-state index in [-0.39, 0.29) is 36.8 Å². The molecule has 2 amide bonds. The smallest absolute Gasteiger partial charge is 0.261 e. The van der Waals surface area contributed by atoms with Gasteiger partial charge in [0.2, 0.25) is 5.91 Å². The zero-order valence-corrected chi connectivity index (χ0v) is 21.5. The first-order chi connectivity index (χ1) is 17.3. The lowest BCUT2D eigenvalue weighted by atomic mass is 10.0. The number of rotatable bonds is 11. The van der Waals surface area contributed by atoms with E-state index in [0.29, 0.717) is 12.2 Å². The lowest BCUT2D eigenvalue weighted by Crippen LogP contribution is -2.53. The van der Waals surface area contributed by atoms with Crippen LogP contribution < -0.4 is 10.1 Å². The molecular formula is C30H35FN2O3. The van der Waals surface area contributed by atoms with Crippen molar-refractivity contribution in [1.82, 2.24) is 10.2 Å². The van der Waals surface area contributed by atoms with Crippen molar-refractivity contribution in [2.45, 2.75) is 59.2 Å². The van der Waals surface area contributed by atoms with Gasteiger partial charge >= 0.3 is 0 Å². The van der Waals surface area contributed by atoms with Crippen molar-refractivity contribution in [1.29, 1.82) is 0 Å². The SMILES string of the molecule is CC[C@@H](C)NC(=O)[C@H](Cc1ccccc1)N(Cc1ccc(F)cc1)C(=O)COc1ccc(C)cc1C. The summed E-state index contributed by atoms with van der Waals surface area (Å²) >= 11 is 0. The Morgan fingerprint density at radius 2 is 1.67 bits per heavy atom. The van der Waals surface area contributed by atoms with Crippen LogP contribution in [0.25, 0.3) is 0 Å². The van der Waals surface area contributed by atoms with Crippen LogP contribution in [0.4, 0.5) is 4.39 Å². The van der Waals surface area contributed by atoms with Crippen molar-refractivity contribution in [3.05, 3.63) is 101 Å². The van der Waals surface area contributed by atoms with E-state index in [2.05, 4.69) is 5.32 Å². The minimum Gasteiger partial charge on any atom is -0.483 e. The van der Waals surface area contributed by atoms with Gasteiger partial charge in [-0.15, -0.1) is 0 Å². The van der Waals surface area contributed by atoms with E-state index >= 15 is 0 Å². The van der Waals surface area contributed by atoms with Crippen LogP contribution in [0.2, 0.25) is 0 Å². The highest BCUT2D eigenvalue weighted by atomic mass is 19.1. The Hall–Kier alpha value is -3.67. The molecule has 0 saturated heterocycles. The minimum absolute atomic E-state index is 0.0370. The quantitative estimate of drug-likeness (QED) is 0.393. The standard InChI is InChI=1S/C30H35FN2O3/c1-5-23(4)32-30(35)27(18-24-9-7-6-8-10-24)33(19-25-12-14-26(31)15-13-25)29(34)20-36-28-16-11-21(2)17-22(28)3/h6-17,23,27H,5,18-20H2,1-4H3,(H,32,35)/t23-,27+/m1/s1. The first kappa shape index (κ1) is 26.9. The second kappa shape index (κ2) is 12.9. The van der Waals surface area contributed by atoms with Gasteiger partial charge in [-0.05, 0) is 62.1 Å². The van der Waals surface area contributed by atoms with E-state index in [1.54, 1.807) is 17.0 Å². The Kier molecular flexibility index (Phi) is 9.62. The molecule has 0 aliphatic rings. The molecule has 0 heterocycles. The monoisotopic (exact) mass is 490 g/mol. The maximum Gasteiger partial charge on any atom is 0.261 e. The van der Waals surface area contributed by atoms with Crippen LogP contribution in [0.3, 0.4) is 0 Å². The van der Waals surface area contributed by atoms with Gasteiger partial charge in [0.25, 0.3) is 5.91 Å². The molecule has 5 nitrogen and oxygen atoms in total. The zero-order chi connectivity index (χ0) is 26.1. The van der Waals surface area contributed by atoms with Crippen LogP contribution in [0.1, 0.15) is 42.5 Å². The number of amides is 2. The number of hydrogen-bond acceptors (Lipinski definition) is 3. The summed E-state index contributed by atoms with van der Waals surface area (Å²) in [6, 6.07) is 20.6. The largest absolute Gasteiger partial charge is 0.483 e. The second-order valence-electron chi connectivity index (χ2n) is 9.23. The fourth-order valence-corrected chi connectivity index (χ4v) is 3.97. The summed E-state index contributed by atoms with van der Waals surface area (Å²) in [4.78, 5) is 28.6. The number of benzene rings is 3. The molecule has 36 heavy (non-hydrogen) atoms.